The van der Waals surface area contributed by atoms with Crippen LogP contribution in [0.25, 0.3) is 0 Å². The lowest BCUT2D eigenvalue weighted by Crippen LogP contribution is -2.30. The summed E-state index contributed by atoms with van der Waals surface area (Å²) in [6.07, 6.45) is 73.3. The van der Waals surface area contributed by atoms with E-state index in [1.807, 2.05) is 0 Å². The van der Waals surface area contributed by atoms with Crippen LogP contribution in [0.15, 0.2) is 60.8 Å². The van der Waals surface area contributed by atoms with Gasteiger partial charge in [-0.05, 0) is 135 Å². The Morgan fingerprint density at radius 1 is 0.280 bits per heavy atom. The fraction of sp³-hybridized carbons (Fsp3) is 0.827. The molecule has 2 unspecified atom stereocenters. The minimum Gasteiger partial charge on any atom is -0.462 e. The molecule has 0 aliphatic rings. The van der Waals surface area contributed by atoms with Gasteiger partial charge in [0.2, 0.25) is 0 Å². The fourth-order valence-electron chi connectivity index (χ4n) is 11.2. The minimum absolute atomic E-state index is 0.0810. The van der Waals surface area contributed by atoms with Crippen LogP contribution >= 0.6 is 15.6 Å². The molecular weight excluding hydrogens is 1310 g/mol. The van der Waals surface area contributed by atoms with E-state index in [1.165, 1.54) is 135 Å². The van der Waals surface area contributed by atoms with Gasteiger partial charge in [0.25, 0.3) is 0 Å². The molecule has 0 spiro atoms. The molecule has 0 heterocycles. The molecule has 0 saturated carbocycles. The molecule has 0 bridgehead atoms. The lowest BCUT2D eigenvalue weighted by molar-refractivity contribution is -0.161. The first-order valence-electron chi connectivity index (χ1n) is 40.5. The molecule has 0 aromatic rings. The fourth-order valence-corrected chi connectivity index (χ4v) is 12.8. The van der Waals surface area contributed by atoms with Crippen LogP contribution in [0.2, 0.25) is 0 Å². The molecule has 0 saturated heterocycles. The number of carbonyl (C=O) groups excluding carboxylic acids is 4. The molecule has 0 aliphatic heterocycles. The lowest BCUT2D eigenvalue weighted by Gasteiger charge is -2.21. The first-order chi connectivity index (χ1) is 48.7. The molecule has 19 heteroatoms. The number of hydrogen-bond donors (Lipinski definition) is 3. The second kappa shape index (κ2) is 74.0. The van der Waals surface area contributed by atoms with E-state index in [0.717, 1.165) is 161 Å². The third kappa shape index (κ3) is 73.1. The van der Waals surface area contributed by atoms with Crippen molar-refractivity contribution in [2.45, 2.75) is 393 Å². The Kier molecular flexibility index (Phi) is 71.6. The maximum absolute atomic E-state index is 13.1. The van der Waals surface area contributed by atoms with E-state index in [1.54, 1.807) is 0 Å². The first kappa shape index (κ1) is 96.8. The first-order valence-corrected chi connectivity index (χ1v) is 43.5. The highest BCUT2D eigenvalue weighted by atomic mass is 31.2. The van der Waals surface area contributed by atoms with Crippen molar-refractivity contribution in [3.8, 4) is 0 Å². The van der Waals surface area contributed by atoms with Crippen LogP contribution < -0.4 is 0 Å². The zero-order valence-electron chi connectivity index (χ0n) is 63.9. The van der Waals surface area contributed by atoms with Gasteiger partial charge in [0.1, 0.15) is 19.3 Å². The third-order valence-corrected chi connectivity index (χ3v) is 19.3. The maximum atomic E-state index is 13.1. The number of allylic oxidation sites excluding steroid dienone is 10. The van der Waals surface area contributed by atoms with Crippen molar-refractivity contribution in [3.63, 3.8) is 0 Å². The van der Waals surface area contributed by atoms with E-state index < -0.39 is 97.5 Å². The number of phosphoric ester groups is 2. The summed E-state index contributed by atoms with van der Waals surface area (Å²) < 4.78 is 68.6. The predicted octanol–water partition coefficient (Wildman–Crippen LogP) is 23.5. The van der Waals surface area contributed by atoms with Crippen molar-refractivity contribution in [1.82, 2.24) is 0 Å². The summed E-state index contributed by atoms with van der Waals surface area (Å²) in [4.78, 5) is 73.0. The van der Waals surface area contributed by atoms with Gasteiger partial charge in [-0.15, -0.1) is 0 Å². The van der Waals surface area contributed by atoms with Gasteiger partial charge in [0.05, 0.1) is 26.4 Å². The topological polar surface area (TPSA) is 237 Å². The second-order valence-electron chi connectivity index (χ2n) is 27.3. The summed E-state index contributed by atoms with van der Waals surface area (Å²) >= 11 is 0. The second-order valence-corrected chi connectivity index (χ2v) is 30.3. The smallest absolute Gasteiger partial charge is 0.462 e. The summed E-state index contributed by atoms with van der Waals surface area (Å²) in [5.74, 6) is -2.18. The Bertz CT molecular complexity index is 2130. The van der Waals surface area contributed by atoms with Gasteiger partial charge >= 0.3 is 39.5 Å². The monoisotopic (exact) mass is 1460 g/mol. The van der Waals surface area contributed by atoms with Crippen LogP contribution in [0.1, 0.15) is 374 Å². The number of carbonyl (C=O) groups is 4. The average molecular weight is 1460 g/mol. The highest BCUT2D eigenvalue weighted by Crippen LogP contribution is 2.45. The Balaban J connectivity index is 5.35. The van der Waals surface area contributed by atoms with Crippen LogP contribution in [0, 0.1) is 0 Å². The van der Waals surface area contributed by atoms with Gasteiger partial charge < -0.3 is 33.8 Å². The van der Waals surface area contributed by atoms with Crippen molar-refractivity contribution in [2.75, 3.05) is 39.6 Å². The van der Waals surface area contributed by atoms with Gasteiger partial charge in [-0.25, -0.2) is 9.13 Å². The van der Waals surface area contributed by atoms with Gasteiger partial charge in [-0.1, -0.05) is 275 Å². The normalized spacial score (nSPS) is 14.2. The third-order valence-electron chi connectivity index (χ3n) is 17.4. The molecule has 0 aromatic carbocycles. The molecule has 5 atom stereocenters. The molecule has 0 aliphatic carbocycles. The SMILES string of the molecule is CCCCC/C=C\C/C=C\CCCCCCCC(=O)O[C@H](COC(=O)CCCCCCC/C=C\CCCCCCCC)COP(=O)(O)OC[C@@H](O)COP(=O)(O)OC[C@@H](COC(=O)CCCCCCCCC/C=C\CCCCCC)OC(=O)CCCCCCC/C=C\CCCCCCCC. The summed E-state index contributed by atoms with van der Waals surface area (Å²) in [5.41, 5.74) is 0. The maximum Gasteiger partial charge on any atom is 0.472 e. The minimum atomic E-state index is -4.98. The van der Waals surface area contributed by atoms with Crippen molar-refractivity contribution < 1.29 is 80.2 Å². The Hall–Kier alpha value is -3.24. The van der Waals surface area contributed by atoms with Crippen molar-refractivity contribution in [3.05, 3.63) is 60.8 Å². The van der Waals surface area contributed by atoms with Gasteiger partial charge in [0, 0.05) is 25.7 Å². The van der Waals surface area contributed by atoms with E-state index in [0.29, 0.717) is 25.7 Å². The van der Waals surface area contributed by atoms with E-state index in [4.69, 9.17) is 37.0 Å². The summed E-state index contributed by atoms with van der Waals surface area (Å²) in [6, 6.07) is 0. The molecule has 0 fully saturated rings. The van der Waals surface area contributed by atoms with Gasteiger partial charge in [0.15, 0.2) is 12.2 Å². The Morgan fingerprint density at radius 3 is 0.780 bits per heavy atom. The van der Waals surface area contributed by atoms with Crippen LogP contribution in [0.5, 0.6) is 0 Å². The molecule has 17 nitrogen and oxygen atoms in total. The zero-order chi connectivity index (χ0) is 73.2. The van der Waals surface area contributed by atoms with Crippen LogP contribution in [-0.4, -0.2) is 96.7 Å². The highest BCUT2D eigenvalue weighted by molar-refractivity contribution is 7.47. The molecule has 0 amide bonds. The molecule has 100 heavy (non-hydrogen) atoms. The van der Waals surface area contributed by atoms with Crippen molar-refractivity contribution >= 4 is 39.5 Å². The van der Waals surface area contributed by atoms with Crippen LogP contribution in [0.4, 0.5) is 0 Å². The predicted molar refractivity (Wildman–Crippen MR) is 409 cm³/mol. The largest absolute Gasteiger partial charge is 0.472 e. The standard InChI is InChI=1S/C81H148O17P2/c1-5-9-13-17-21-25-29-33-37-41-45-49-53-57-61-65-78(83)91-71-76(97-80(85)67-63-59-55-51-47-43-39-35-31-27-23-19-15-11-7-3)73-95-99(87,88)93-69-75(82)70-94-100(89,90)96-74-77(98-81(86)68-64-60-56-52-48-44-40-36-32-28-24-20-16-12-8-4)72-92-79(84)66-62-58-54-50-46-42-38-34-30-26-22-18-14-10-6-2/h23,26-27,30,33,35-37,39-40,75-77,82H,5-22,24-25,28-29,31-32,34,38,41-74H2,1-4H3,(H,87,88)(H,89,90)/b27-23-,30-26-,37-33-,39-35-,40-36-/t75-,76-,77-/m1/s1. The van der Waals surface area contributed by atoms with E-state index >= 15 is 0 Å². The Morgan fingerprint density at radius 2 is 0.490 bits per heavy atom. The van der Waals surface area contributed by atoms with Crippen molar-refractivity contribution in [2.24, 2.45) is 0 Å². The van der Waals surface area contributed by atoms with Gasteiger partial charge in [-0.3, -0.25) is 37.3 Å². The zero-order valence-corrected chi connectivity index (χ0v) is 65.7. The molecule has 0 rings (SSSR count). The van der Waals surface area contributed by atoms with Gasteiger partial charge in [-0.2, -0.15) is 0 Å². The quantitative estimate of drug-likeness (QED) is 0.0169. The number of phosphoric acid groups is 2. The molecule has 0 aromatic heterocycles. The van der Waals surface area contributed by atoms with Crippen LogP contribution in [-0.2, 0) is 65.4 Å². The van der Waals surface area contributed by atoms with E-state index in [-0.39, 0.29) is 25.7 Å². The van der Waals surface area contributed by atoms with Crippen molar-refractivity contribution in [1.29, 1.82) is 0 Å². The summed E-state index contributed by atoms with van der Waals surface area (Å²) in [5, 5.41) is 10.6. The molecule has 3 N–H and O–H groups in total. The van der Waals surface area contributed by atoms with E-state index in [9.17, 15) is 43.2 Å². The number of aliphatic hydroxyl groups excluding tert-OH is 1. The number of hydrogen-bond acceptors (Lipinski definition) is 15. The number of esters is 4. The van der Waals surface area contributed by atoms with E-state index in [2.05, 4.69) is 88.5 Å². The number of unbranched alkanes of at least 4 members (excludes halogenated alkanes) is 41. The molecular formula is C81H148O17P2. The van der Waals surface area contributed by atoms with Crippen LogP contribution in [0.3, 0.4) is 0 Å². The number of rotatable bonds is 77. The molecule has 0 radical (unpaired) electrons. The molecule has 584 valence electrons. The summed E-state index contributed by atoms with van der Waals surface area (Å²) in [7, 11) is -9.95. The number of ether oxygens (including phenoxy) is 4. The highest BCUT2D eigenvalue weighted by Gasteiger charge is 2.30. The Labute approximate surface area is 610 Å². The summed E-state index contributed by atoms with van der Waals surface area (Å²) in [6.45, 7) is 4.86. The average Bonchev–Trinajstić information content (AvgIpc) is 1.25. The lowest BCUT2D eigenvalue weighted by atomic mass is 10.1. The number of aliphatic hydroxyl groups is 1.